The van der Waals surface area contributed by atoms with Crippen molar-refractivity contribution in [2.75, 3.05) is 11.9 Å². The third-order valence-electron chi connectivity index (χ3n) is 4.51. The molecule has 27 heavy (non-hydrogen) atoms. The van der Waals surface area contributed by atoms with Crippen molar-refractivity contribution in [3.05, 3.63) is 45.9 Å². The monoisotopic (exact) mass is 385 g/mol. The van der Waals surface area contributed by atoms with Gasteiger partial charge in [-0.05, 0) is 44.4 Å². The minimum absolute atomic E-state index is 0.135. The molecule has 1 aromatic carbocycles. The van der Waals surface area contributed by atoms with E-state index in [0.717, 1.165) is 48.0 Å². The molecule has 1 fully saturated rings. The Morgan fingerprint density at radius 2 is 2.19 bits per heavy atom. The van der Waals surface area contributed by atoms with Gasteiger partial charge in [-0.3, -0.25) is 4.79 Å². The van der Waals surface area contributed by atoms with Gasteiger partial charge in [0.25, 0.3) is 0 Å². The SMILES string of the molecule is CCNC(=NCc1cccc(NC(=O)C2CCC2)c1)NCc1ncc(C)s1. The lowest BCUT2D eigenvalue weighted by Gasteiger charge is -2.24. The molecule has 144 valence electrons. The number of hydrogen-bond donors (Lipinski definition) is 3. The molecule has 1 saturated carbocycles. The van der Waals surface area contributed by atoms with Gasteiger partial charge in [-0.15, -0.1) is 11.3 Å². The van der Waals surface area contributed by atoms with Crippen LogP contribution in [0.1, 0.15) is 41.6 Å². The van der Waals surface area contributed by atoms with E-state index < -0.39 is 0 Å². The predicted octanol–water partition coefficient (Wildman–Crippen LogP) is 3.45. The van der Waals surface area contributed by atoms with Crippen molar-refractivity contribution >= 4 is 28.9 Å². The van der Waals surface area contributed by atoms with Crippen molar-refractivity contribution in [2.24, 2.45) is 10.9 Å². The van der Waals surface area contributed by atoms with E-state index in [4.69, 9.17) is 0 Å². The molecule has 1 aliphatic rings. The molecule has 0 atom stereocenters. The van der Waals surface area contributed by atoms with Crippen LogP contribution in [0, 0.1) is 12.8 Å². The maximum Gasteiger partial charge on any atom is 0.227 e. The lowest BCUT2D eigenvalue weighted by atomic mass is 9.85. The normalized spacial score (nSPS) is 14.5. The molecule has 3 rings (SSSR count). The lowest BCUT2D eigenvalue weighted by molar-refractivity contribution is -0.122. The molecular formula is C20H27N5OS. The second kappa shape index (κ2) is 9.50. The number of nitrogens with zero attached hydrogens (tertiary/aromatic N) is 2. The average molecular weight is 386 g/mol. The van der Waals surface area contributed by atoms with Gasteiger partial charge < -0.3 is 16.0 Å². The van der Waals surface area contributed by atoms with Crippen molar-refractivity contribution in [2.45, 2.75) is 46.2 Å². The zero-order valence-electron chi connectivity index (χ0n) is 15.9. The Morgan fingerprint density at radius 1 is 1.33 bits per heavy atom. The van der Waals surface area contributed by atoms with E-state index in [9.17, 15) is 4.79 Å². The maximum atomic E-state index is 12.1. The Labute approximate surface area is 164 Å². The van der Waals surface area contributed by atoms with Gasteiger partial charge in [0.1, 0.15) is 5.01 Å². The molecule has 6 nitrogen and oxygen atoms in total. The highest BCUT2D eigenvalue weighted by molar-refractivity contribution is 7.11. The quantitative estimate of drug-likeness (QED) is 0.504. The average Bonchev–Trinajstić information content (AvgIpc) is 3.01. The molecule has 0 unspecified atom stereocenters. The summed E-state index contributed by atoms with van der Waals surface area (Å²) in [6.45, 7) is 6.08. The van der Waals surface area contributed by atoms with Crippen LogP contribution < -0.4 is 16.0 Å². The second-order valence-electron chi connectivity index (χ2n) is 6.73. The summed E-state index contributed by atoms with van der Waals surface area (Å²) in [6, 6.07) is 7.90. The van der Waals surface area contributed by atoms with Gasteiger partial charge in [-0.25, -0.2) is 9.98 Å². The predicted molar refractivity (Wildman–Crippen MR) is 111 cm³/mol. The zero-order valence-corrected chi connectivity index (χ0v) is 16.7. The number of aliphatic imine (C=N–C) groups is 1. The first-order valence-electron chi connectivity index (χ1n) is 9.47. The van der Waals surface area contributed by atoms with Crippen molar-refractivity contribution in [3.8, 4) is 0 Å². The van der Waals surface area contributed by atoms with Crippen LogP contribution in [0.3, 0.4) is 0 Å². The molecule has 0 aliphatic heterocycles. The first-order chi connectivity index (χ1) is 13.1. The van der Waals surface area contributed by atoms with E-state index in [1.54, 1.807) is 11.3 Å². The van der Waals surface area contributed by atoms with Gasteiger partial charge in [0.2, 0.25) is 5.91 Å². The molecule has 2 aromatic rings. The Hall–Kier alpha value is -2.41. The number of hydrogen-bond acceptors (Lipinski definition) is 4. The Morgan fingerprint density at radius 3 is 2.85 bits per heavy atom. The fraction of sp³-hybridized carbons (Fsp3) is 0.450. The maximum absolute atomic E-state index is 12.1. The standard InChI is InChI=1S/C20H27N5OS/c1-3-21-20(24-13-18-22-11-14(2)27-18)23-12-15-6-4-9-17(10-15)25-19(26)16-7-5-8-16/h4,6,9-11,16H,3,5,7-8,12-13H2,1-2H3,(H,25,26)(H2,21,23,24). The number of rotatable bonds is 7. The topological polar surface area (TPSA) is 78.4 Å². The van der Waals surface area contributed by atoms with Gasteiger partial charge in [0, 0.05) is 29.2 Å². The summed E-state index contributed by atoms with van der Waals surface area (Å²) in [6.07, 6.45) is 5.06. The first kappa shape index (κ1) is 19.4. The van der Waals surface area contributed by atoms with Crippen molar-refractivity contribution < 1.29 is 4.79 Å². The summed E-state index contributed by atoms with van der Waals surface area (Å²) < 4.78 is 0. The van der Waals surface area contributed by atoms with E-state index in [2.05, 4.69) is 32.9 Å². The largest absolute Gasteiger partial charge is 0.357 e. The molecule has 7 heteroatoms. The fourth-order valence-electron chi connectivity index (χ4n) is 2.82. The molecule has 1 aliphatic carbocycles. The van der Waals surface area contributed by atoms with Gasteiger partial charge in [-0.1, -0.05) is 18.6 Å². The molecule has 1 amide bonds. The highest BCUT2D eigenvalue weighted by Crippen LogP contribution is 2.27. The van der Waals surface area contributed by atoms with Crippen LogP contribution in [0.4, 0.5) is 5.69 Å². The smallest absolute Gasteiger partial charge is 0.227 e. The third kappa shape index (κ3) is 5.79. The van der Waals surface area contributed by atoms with Gasteiger partial charge in [0.05, 0.1) is 13.1 Å². The van der Waals surface area contributed by atoms with Crippen LogP contribution >= 0.6 is 11.3 Å². The Kier molecular flexibility index (Phi) is 6.81. The number of guanidine groups is 1. The molecular weight excluding hydrogens is 358 g/mol. The molecule has 0 spiro atoms. The number of carbonyl (C=O) groups is 1. The van der Waals surface area contributed by atoms with E-state index in [-0.39, 0.29) is 11.8 Å². The number of thiazole rings is 1. The molecule has 3 N–H and O–H groups in total. The van der Waals surface area contributed by atoms with Crippen molar-refractivity contribution in [3.63, 3.8) is 0 Å². The highest BCUT2D eigenvalue weighted by atomic mass is 32.1. The lowest BCUT2D eigenvalue weighted by Crippen LogP contribution is -2.36. The summed E-state index contributed by atoms with van der Waals surface area (Å²) in [5.41, 5.74) is 1.90. The number of carbonyl (C=O) groups excluding carboxylic acids is 1. The van der Waals surface area contributed by atoms with E-state index in [1.165, 1.54) is 4.88 Å². The number of benzene rings is 1. The molecule has 0 saturated heterocycles. The molecule has 0 radical (unpaired) electrons. The molecule has 1 heterocycles. The summed E-state index contributed by atoms with van der Waals surface area (Å²) >= 11 is 1.68. The summed E-state index contributed by atoms with van der Waals surface area (Å²) in [7, 11) is 0. The van der Waals surface area contributed by atoms with Crippen LogP contribution in [0.2, 0.25) is 0 Å². The van der Waals surface area contributed by atoms with E-state index in [1.807, 2.05) is 37.4 Å². The number of anilines is 1. The Bertz CT molecular complexity index is 797. The van der Waals surface area contributed by atoms with Gasteiger partial charge >= 0.3 is 0 Å². The number of aromatic nitrogens is 1. The van der Waals surface area contributed by atoms with Crippen LogP contribution in [-0.2, 0) is 17.9 Å². The minimum Gasteiger partial charge on any atom is -0.357 e. The van der Waals surface area contributed by atoms with Crippen molar-refractivity contribution in [1.29, 1.82) is 0 Å². The van der Waals surface area contributed by atoms with Gasteiger partial charge in [-0.2, -0.15) is 0 Å². The van der Waals surface area contributed by atoms with E-state index in [0.29, 0.717) is 13.1 Å². The van der Waals surface area contributed by atoms with Crippen LogP contribution in [0.25, 0.3) is 0 Å². The summed E-state index contributed by atoms with van der Waals surface area (Å²) in [5.74, 6) is 1.08. The highest BCUT2D eigenvalue weighted by Gasteiger charge is 2.25. The molecule has 0 bridgehead atoms. The summed E-state index contributed by atoms with van der Waals surface area (Å²) in [4.78, 5) is 22.3. The number of amides is 1. The summed E-state index contributed by atoms with van der Waals surface area (Å²) in [5, 5.41) is 10.6. The van der Waals surface area contributed by atoms with Gasteiger partial charge in [0.15, 0.2) is 5.96 Å². The van der Waals surface area contributed by atoms with Crippen LogP contribution in [0.15, 0.2) is 35.5 Å². The fourth-order valence-corrected chi connectivity index (χ4v) is 3.54. The first-order valence-corrected chi connectivity index (χ1v) is 10.3. The Balaban J connectivity index is 1.57. The number of nitrogens with one attached hydrogen (secondary N) is 3. The minimum atomic E-state index is 0.135. The van der Waals surface area contributed by atoms with Crippen molar-refractivity contribution in [1.82, 2.24) is 15.6 Å². The zero-order chi connectivity index (χ0) is 19.1. The third-order valence-corrected chi connectivity index (χ3v) is 5.42. The van der Waals surface area contributed by atoms with Crippen LogP contribution in [0.5, 0.6) is 0 Å². The second-order valence-corrected chi connectivity index (χ2v) is 8.05. The number of aryl methyl sites for hydroxylation is 1. The van der Waals surface area contributed by atoms with Crippen LogP contribution in [-0.4, -0.2) is 23.4 Å². The van der Waals surface area contributed by atoms with E-state index >= 15 is 0 Å². The molecule has 1 aromatic heterocycles.